The highest BCUT2D eigenvalue weighted by atomic mass is 15.2. The molecule has 0 aromatic carbocycles. The van der Waals surface area contributed by atoms with Crippen LogP contribution in [0.15, 0.2) is 0 Å². The van der Waals surface area contributed by atoms with E-state index in [4.69, 9.17) is 5.26 Å². The minimum atomic E-state index is 0.389. The number of hydrogen-bond acceptors (Lipinski definition) is 3. The van der Waals surface area contributed by atoms with Crippen LogP contribution in [0.1, 0.15) is 19.8 Å². The summed E-state index contributed by atoms with van der Waals surface area (Å²) in [6.07, 6.45) is 1.85. The predicted octanol–water partition coefficient (Wildman–Crippen LogP) is 0.582. The maximum atomic E-state index is 8.54. The zero-order valence-corrected chi connectivity index (χ0v) is 7.88. The molecule has 3 heteroatoms. The molecule has 1 rings (SSSR count). The van der Waals surface area contributed by atoms with Crippen LogP contribution in [-0.4, -0.2) is 37.1 Å². The third-order valence-electron chi connectivity index (χ3n) is 2.69. The molecule has 0 aromatic heterocycles. The van der Waals surface area contributed by atoms with E-state index in [-0.39, 0.29) is 0 Å². The topological polar surface area (TPSA) is 39.1 Å². The predicted molar refractivity (Wildman–Crippen MR) is 48.7 cm³/mol. The summed E-state index contributed by atoms with van der Waals surface area (Å²) in [5.74, 6) is 0. The number of nitriles is 1. The Morgan fingerprint density at radius 3 is 3.00 bits per heavy atom. The summed E-state index contributed by atoms with van der Waals surface area (Å²) in [5.41, 5.74) is 0. The van der Waals surface area contributed by atoms with Crippen molar-refractivity contribution in [2.45, 2.75) is 31.8 Å². The van der Waals surface area contributed by atoms with Crippen molar-refractivity contribution in [3.8, 4) is 6.07 Å². The van der Waals surface area contributed by atoms with Crippen molar-refractivity contribution in [3.63, 3.8) is 0 Å². The fraction of sp³-hybridized carbons (Fsp3) is 0.889. The quantitative estimate of drug-likeness (QED) is 0.668. The summed E-state index contributed by atoms with van der Waals surface area (Å²) < 4.78 is 0. The van der Waals surface area contributed by atoms with Gasteiger partial charge in [0.05, 0.1) is 12.5 Å². The molecular formula is C9H17N3. The van der Waals surface area contributed by atoms with Crippen molar-refractivity contribution < 1.29 is 0 Å². The van der Waals surface area contributed by atoms with Gasteiger partial charge in [-0.15, -0.1) is 0 Å². The monoisotopic (exact) mass is 167 g/mol. The van der Waals surface area contributed by atoms with Crippen LogP contribution in [0, 0.1) is 11.3 Å². The zero-order valence-electron chi connectivity index (χ0n) is 7.88. The number of nitrogens with zero attached hydrogens (tertiary/aromatic N) is 2. The van der Waals surface area contributed by atoms with Gasteiger partial charge in [-0.25, -0.2) is 0 Å². The molecule has 0 bridgehead atoms. The van der Waals surface area contributed by atoms with Gasteiger partial charge in [-0.3, -0.25) is 4.90 Å². The Kier molecular flexibility index (Phi) is 3.51. The lowest BCUT2D eigenvalue weighted by Gasteiger charge is -2.28. The van der Waals surface area contributed by atoms with Gasteiger partial charge in [-0.2, -0.15) is 5.26 Å². The zero-order chi connectivity index (χ0) is 8.97. The fourth-order valence-electron chi connectivity index (χ4n) is 1.62. The SMILES string of the molecule is CC(CC#N)N(C)C1CCNC1. The molecule has 0 aliphatic carbocycles. The van der Waals surface area contributed by atoms with E-state index in [1.54, 1.807) is 0 Å². The number of hydrogen-bond donors (Lipinski definition) is 1. The summed E-state index contributed by atoms with van der Waals surface area (Å²) >= 11 is 0. The molecule has 1 aliphatic heterocycles. The highest BCUT2D eigenvalue weighted by Crippen LogP contribution is 2.11. The Morgan fingerprint density at radius 2 is 2.50 bits per heavy atom. The normalized spacial score (nSPS) is 25.7. The van der Waals surface area contributed by atoms with Gasteiger partial charge < -0.3 is 5.32 Å². The maximum absolute atomic E-state index is 8.54. The molecule has 1 heterocycles. The Balaban J connectivity index is 2.35. The number of nitrogens with one attached hydrogen (secondary N) is 1. The summed E-state index contributed by atoms with van der Waals surface area (Å²) in [4.78, 5) is 2.31. The average molecular weight is 167 g/mol. The molecular weight excluding hydrogens is 150 g/mol. The van der Waals surface area contributed by atoms with Gasteiger partial charge in [-0.05, 0) is 26.9 Å². The molecule has 0 spiro atoms. The maximum Gasteiger partial charge on any atom is 0.0638 e. The van der Waals surface area contributed by atoms with Gasteiger partial charge in [0.15, 0.2) is 0 Å². The van der Waals surface area contributed by atoms with Crippen LogP contribution >= 0.6 is 0 Å². The third-order valence-corrected chi connectivity index (χ3v) is 2.69. The van der Waals surface area contributed by atoms with E-state index >= 15 is 0 Å². The second-order valence-corrected chi connectivity index (χ2v) is 3.52. The number of rotatable bonds is 3. The summed E-state index contributed by atoms with van der Waals surface area (Å²) in [6, 6.07) is 3.23. The molecule has 12 heavy (non-hydrogen) atoms. The Bertz CT molecular complexity index is 167. The first-order valence-corrected chi connectivity index (χ1v) is 4.55. The van der Waals surface area contributed by atoms with Crippen molar-refractivity contribution in [1.29, 1.82) is 5.26 Å². The summed E-state index contributed by atoms with van der Waals surface area (Å²) in [5, 5.41) is 11.9. The molecule has 0 aromatic rings. The molecule has 1 fully saturated rings. The van der Waals surface area contributed by atoms with Gasteiger partial charge in [0, 0.05) is 18.6 Å². The van der Waals surface area contributed by atoms with Crippen molar-refractivity contribution in [2.24, 2.45) is 0 Å². The van der Waals surface area contributed by atoms with Crippen LogP contribution < -0.4 is 5.32 Å². The fourth-order valence-corrected chi connectivity index (χ4v) is 1.62. The van der Waals surface area contributed by atoms with Gasteiger partial charge in [0.25, 0.3) is 0 Å². The lowest BCUT2D eigenvalue weighted by atomic mass is 10.1. The molecule has 68 valence electrons. The molecule has 0 saturated carbocycles. The summed E-state index contributed by atoms with van der Waals surface area (Å²) in [7, 11) is 2.11. The van der Waals surface area contributed by atoms with Crippen molar-refractivity contribution in [2.75, 3.05) is 20.1 Å². The first-order chi connectivity index (χ1) is 5.75. The first-order valence-electron chi connectivity index (χ1n) is 4.55. The highest BCUT2D eigenvalue weighted by molar-refractivity contribution is 4.85. The van der Waals surface area contributed by atoms with E-state index in [1.165, 1.54) is 6.42 Å². The van der Waals surface area contributed by atoms with E-state index in [9.17, 15) is 0 Å². The lowest BCUT2D eigenvalue weighted by Crippen LogP contribution is -2.39. The van der Waals surface area contributed by atoms with Crippen molar-refractivity contribution in [1.82, 2.24) is 10.2 Å². The Labute approximate surface area is 74.4 Å². The minimum Gasteiger partial charge on any atom is -0.315 e. The minimum absolute atomic E-state index is 0.389. The standard InChI is InChI=1S/C9H17N3/c1-8(3-5-10)12(2)9-4-6-11-7-9/h8-9,11H,3-4,6-7H2,1-2H3. The summed E-state index contributed by atoms with van der Waals surface area (Å²) in [6.45, 7) is 4.31. The van der Waals surface area contributed by atoms with Crippen LogP contribution in [0.3, 0.4) is 0 Å². The molecule has 0 amide bonds. The van der Waals surface area contributed by atoms with E-state index < -0.39 is 0 Å². The van der Waals surface area contributed by atoms with Crippen LogP contribution in [-0.2, 0) is 0 Å². The van der Waals surface area contributed by atoms with Crippen LogP contribution in [0.2, 0.25) is 0 Å². The van der Waals surface area contributed by atoms with Crippen LogP contribution in [0.25, 0.3) is 0 Å². The van der Waals surface area contributed by atoms with Gasteiger partial charge in [-0.1, -0.05) is 0 Å². The van der Waals surface area contributed by atoms with Gasteiger partial charge in [0.1, 0.15) is 0 Å². The van der Waals surface area contributed by atoms with Crippen molar-refractivity contribution >= 4 is 0 Å². The Hall–Kier alpha value is -0.590. The van der Waals surface area contributed by atoms with E-state index in [2.05, 4.69) is 30.3 Å². The van der Waals surface area contributed by atoms with E-state index in [1.807, 2.05) is 0 Å². The third kappa shape index (κ3) is 2.20. The smallest absolute Gasteiger partial charge is 0.0638 e. The first kappa shape index (κ1) is 9.50. The molecule has 2 unspecified atom stereocenters. The van der Waals surface area contributed by atoms with E-state index in [0.717, 1.165) is 13.1 Å². The van der Waals surface area contributed by atoms with Crippen LogP contribution in [0.5, 0.6) is 0 Å². The van der Waals surface area contributed by atoms with Crippen LogP contribution in [0.4, 0.5) is 0 Å². The average Bonchev–Trinajstić information content (AvgIpc) is 2.55. The van der Waals surface area contributed by atoms with Gasteiger partial charge >= 0.3 is 0 Å². The molecule has 0 radical (unpaired) electrons. The second-order valence-electron chi connectivity index (χ2n) is 3.52. The number of likely N-dealkylation sites (N-methyl/N-ethyl adjacent to an activating group) is 1. The lowest BCUT2D eigenvalue weighted by molar-refractivity contribution is 0.197. The largest absolute Gasteiger partial charge is 0.315 e. The second kappa shape index (κ2) is 4.44. The molecule has 3 nitrogen and oxygen atoms in total. The Morgan fingerprint density at radius 1 is 1.75 bits per heavy atom. The highest BCUT2D eigenvalue weighted by Gasteiger charge is 2.22. The van der Waals surface area contributed by atoms with Crippen molar-refractivity contribution in [3.05, 3.63) is 0 Å². The molecule has 1 aliphatic rings. The molecule has 2 atom stereocenters. The van der Waals surface area contributed by atoms with E-state index in [0.29, 0.717) is 18.5 Å². The van der Waals surface area contributed by atoms with Gasteiger partial charge in [0.2, 0.25) is 0 Å². The molecule has 1 saturated heterocycles. The molecule has 1 N–H and O–H groups in total.